The molecule has 0 spiro atoms. The van der Waals surface area contributed by atoms with E-state index in [9.17, 15) is 4.39 Å². The first kappa shape index (κ1) is 11.3. The van der Waals surface area contributed by atoms with Gasteiger partial charge in [-0.25, -0.2) is 14.4 Å². The summed E-state index contributed by atoms with van der Waals surface area (Å²) in [4.78, 5) is 10.0. The average Bonchev–Trinajstić information content (AvgIpc) is 2.19. The number of hydrogen-bond donors (Lipinski definition) is 0. The highest BCUT2D eigenvalue weighted by atomic mass is 19.1. The molecule has 0 saturated carbocycles. The number of rotatable bonds is 2. The van der Waals surface area contributed by atoms with Crippen molar-refractivity contribution < 1.29 is 9.13 Å². The molecule has 0 unspecified atom stereocenters. The number of hydrogen-bond acceptors (Lipinski definition) is 4. The van der Waals surface area contributed by atoms with Gasteiger partial charge in [0.05, 0.1) is 24.4 Å². The lowest BCUT2D eigenvalue weighted by Gasteiger charge is -2.47. The van der Waals surface area contributed by atoms with Gasteiger partial charge in [-0.1, -0.05) is 0 Å². The van der Waals surface area contributed by atoms with E-state index in [4.69, 9.17) is 4.74 Å². The summed E-state index contributed by atoms with van der Waals surface area (Å²) in [6.07, 6.45) is 0. The van der Waals surface area contributed by atoms with Gasteiger partial charge >= 0.3 is 0 Å². The number of anilines is 1. The Hall–Kier alpha value is -1.23. The Morgan fingerprint density at radius 2 is 1.94 bits per heavy atom. The number of aromatic nitrogens is 2. The van der Waals surface area contributed by atoms with Crippen LogP contribution in [0.15, 0.2) is 0 Å². The van der Waals surface area contributed by atoms with E-state index in [2.05, 4.69) is 9.97 Å². The molecule has 1 fully saturated rings. The van der Waals surface area contributed by atoms with E-state index in [1.165, 1.54) is 0 Å². The molecule has 0 aromatic carbocycles. The van der Waals surface area contributed by atoms with E-state index in [0.29, 0.717) is 30.4 Å². The maximum atomic E-state index is 13.8. The summed E-state index contributed by atoms with van der Waals surface area (Å²) in [5, 5.41) is 0. The minimum absolute atomic E-state index is 0.181. The maximum Gasteiger partial charge on any atom is 0.186 e. The third-order valence-corrected chi connectivity index (χ3v) is 2.95. The minimum Gasteiger partial charge on any atom is -0.375 e. The summed E-state index contributed by atoms with van der Waals surface area (Å²) in [7, 11) is 1.67. The predicted molar refractivity (Wildman–Crippen MR) is 59.1 cm³/mol. The number of methoxy groups -OCH3 is 1. The second kappa shape index (κ2) is 3.66. The van der Waals surface area contributed by atoms with Crippen LogP contribution in [-0.4, -0.2) is 35.8 Å². The van der Waals surface area contributed by atoms with Gasteiger partial charge < -0.3 is 9.64 Å². The van der Waals surface area contributed by atoms with Crippen LogP contribution in [0.2, 0.25) is 0 Å². The van der Waals surface area contributed by atoms with Crippen LogP contribution < -0.4 is 4.90 Å². The Kier molecular flexibility index (Phi) is 2.58. The first-order valence-corrected chi connectivity index (χ1v) is 5.26. The van der Waals surface area contributed by atoms with Crippen molar-refractivity contribution in [2.45, 2.75) is 26.4 Å². The van der Waals surface area contributed by atoms with Gasteiger partial charge in [-0.2, -0.15) is 0 Å². The van der Waals surface area contributed by atoms with Gasteiger partial charge in [-0.15, -0.1) is 0 Å². The lowest BCUT2D eigenvalue weighted by molar-refractivity contribution is -0.0174. The van der Waals surface area contributed by atoms with Crippen molar-refractivity contribution in [2.24, 2.45) is 0 Å². The second-order valence-corrected chi connectivity index (χ2v) is 4.50. The summed E-state index contributed by atoms with van der Waals surface area (Å²) < 4.78 is 19.1. The normalized spacial score (nSPS) is 18.4. The first-order chi connectivity index (χ1) is 7.45. The van der Waals surface area contributed by atoms with Crippen molar-refractivity contribution in [1.82, 2.24) is 9.97 Å². The van der Waals surface area contributed by atoms with Crippen molar-refractivity contribution in [3.63, 3.8) is 0 Å². The Bertz CT molecular complexity index is 416. The number of nitrogens with zero attached hydrogens (tertiary/aromatic N) is 3. The van der Waals surface area contributed by atoms with E-state index < -0.39 is 0 Å². The van der Waals surface area contributed by atoms with Crippen LogP contribution in [0.3, 0.4) is 0 Å². The molecule has 1 aromatic heterocycles. The molecule has 2 rings (SSSR count). The highest BCUT2D eigenvalue weighted by Gasteiger charge is 2.40. The van der Waals surface area contributed by atoms with Gasteiger partial charge in [0, 0.05) is 7.11 Å². The molecule has 1 aliphatic heterocycles. The van der Waals surface area contributed by atoms with Crippen molar-refractivity contribution >= 4 is 5.82 Å². The molecule has 0 N–H and O–H groups in total. The zero-order chi connectivity index (χ0) is 11.9. The quantitative estimate of drug-likeness (QED) is 0.763. The van der Waals surface area contributed by atoms with Crippen LogP contribution in [0.5, 0.6) is 0 Å². The van der Waals surface area contributed by atoms with Gasteiger partial charge in [-0.05, 0) is 20.8 Å². The molecule has 16 heavy (non-hydrogen) atoms. The van der Waals surface area contributed by atoms with Crippen molar-refractivity contribution in [2.75, 3.05) is 25.1 Å². The monoisotopic (exact) mass is 225 g/mol. The molecule has 0 atom stereocenters. The highest BCUT2D eigenvalue weighted by molar-refractivity contribution is 5.46. The number of ether oxygens (including phenoxy) is 1. The molecule has 88 valence electrons. The van der Waals surface area contributed by atoms with Gasteiger partial charge in [0.15, 0.2) is 11.6 Å². The zero-order valence-electron chi connectivity index (χ0n) is 10.0. The largest absolute Gasteiger partial charge is 0.375 e. The van der Waals surface area contributed by atoms with E-state index in [0.717, 1.165) is 0 Å². The first-order valence-electron chi connectivity index (χ1n) is 5.26. The summed E-state index contributed by atoms with van der Waals surface area (Å²) in [6, 6.07) is 0. The van der Waals surface area contributed by atoms with Gasteiger partial charge in [0.25, 0.3) is 0 Å². The fourth-order valence-electron chi connectivity index (χ4n) is 1.93. The zero-order valence-corrected chi connectivity index (χ0v) is 10.0. The van der Waals surface area contributed by atoms with Gasteiger partial charge in [0.2, 0.25) is 0 Å². The molecule has 0 bridgehead atoms. The molecular formula is C11H16FN3O. The second-order valence-electron chi connectivity index (χ2n) is 4.50. The van der Waals surface area contributed by atoms with Crippen molar-refractivity contribution in [1.29, 1.82) is 0 Å². The average molecular weight is 225 g/mol. The van der Waals surface area contributed by atoms with Gasteiger partial charge in [-0.3, -0.25) is 0 Å². The summed E-state index contributed by atoms with van der Waals surface area (Å²) in [5.41, 5.74) is 0.215. The van der Waals surface area contributed by atoms with Crippen molar-refractivity contribution in [3.05, 3.63) is 17.3 Å². The molecule has 0 amide bonds. The Labute approximate surface area is 94.5 Å². The molecule has 0 aliphatic carbocycles. The lowest BCUT2D eigenvalue weighted by Crippen LogP contribution is -2.61. The summed E-state index contributed by atoms with van der Waals surface area (Å²) in [5.74, 6) is 0.656. The fourth-order valence-corrected chi connectivity index (χ4v) is 1.93. The van der Waals surface area contributed by atoms with Crippen LogP contribution >= 0.6 is 0 Å². The molecule has 2 heterocycles. The third kappa shape index (κ3) is 1.75. The molecular weight excluding hydrogens is 209 g/mol. The smallest absolute Gasteiger partial charge is 0.186 e. The molecule has 1 saturated heterocycles. The standard InChI is InChI=1S/C11H16FN3O/c1-7-9(12)10(14-8(2)13-7)15-5-11(3,6-15)16-4/h5-6H2,1-4H3. The molecule has 4 nitrogen and oxygen atoms in total. The Morgan fingerprint density at radius 3 is 2.50 bits per heavy atom. The van der Waals surface area contributed by atoms with Crippen LogP contribution in [0.25, 0.3) is 0 Å². The van der Waals surface area contributed by atoms with E-state index in [1.807, 2.05) is 11.8 Å². The minimum atomic E-state index is -0.330. The number of halogens is 1. The Balaban J connectivity index is 2.24. The lowest BCUT2D eigenvalue weighted by atomic mass is 9.96. The van der Waals surface area contributed by atoms with Crippen LogP contribution in [-0.2, 0) is 4.74 Å². The fraction of sp³-hybridized carbons (Fsp3) is 0.636. The molecule has 1 aromatic rings. The predicted octanol–water partition coefficient (Wildman–Crippen LogP) is 1.46. The third-order valence-electron chi connectivity index (χ3n) is 2.95. The summed E-state index contributed by atoms with van der Waals surface area (Å²) >= 11 is 0. The Morgan fingerprint density at radius 1 is 1.31 bits per heavy atom. The van der Waals surface area contributed by atoms with Crippen LogP contribution in [0.4, 0.5) is 10.2 Å². The maximum absolute atomic E-state index is 13.8. The molecule has 0 radical (unpaired) electrons. The van der Waals surface area contributed by atoms with E-state index >= 15 is 0 Å². The van der Waals surface area contributed by atoms with E-state index in [-0.39, 0.29) is 11.4 Å². The molecule has 5 heteroatoms. The topological polar surface area (TPSA) is 38.2 Å². The SMILES string of the molecule is COC1(C)CN(c2nc(C)nc(C)c2F)C1. The molecule has 1 aliphatic rings. The van der Waals surface area contributed by atoms with E-state index in [1.54, 1.807) is 21.0 Å². The van der Waals surface area contributed by atoms with Crippen molar-refractivity contribution in [3.8, 4) is 0 Å². The number of aryl methyl sites for hydroxylation is 2. The summed E-state index contributed by atoms with van der Waals surface area (Å²) in [6.45, 7) is 6.75. The van der Waals surface area contributed by atoms with Gasteiger partial charge in [0.1, 0.15) is 5.82 Å². The highest BCUT2D eigenvalue weighted by Crippen LogP contribution is 2.30. The van der Waals surface area contributed by atoms with Crippen LogP contribution in [0.1, 0.15) is 18.4 Å². The van der Waals surface area contributed by atoms with Crippen LogP contribution in [0, 0.1) is 19.7 Å².